The molecule has 1 aromatic rings. The molecule has 0 aromatic heterocycles. The van der Waals surface area contributed by atoms with Gasteiger partial charge in [-0.25, -0.2) is 0 Å². The topological polar surface area (TPSA) is 57.6 Å². The predicted molar refractivity (Wildman–Crippen MR) is 89.9 cm³/mol. The lowest BCUT2D eigenvalue weighted by Gasteiger charge is -2.27. The highest BCUT2D eigenvalue weighted by Crippen LogP contribution is 2.21. The van der Waals surface area contributed by atoms with Gasteiger partial charge in [0.15, 0.2) is 0 Å². The Labute approximate surface area is 140 Å². The third-order valence-electron chi connectivity index (χ3n) is 2.83. The van der Waals surface area contributed by atoms with Crippen LogP contribution in [0.2, 0.25) is 0 Å². The highest BCUT2D eigenvalue weighted by molar-refractivity contribution is 14.1. The van der Waals surface area contributed by atoms with E-state index in [0.29, 0.717) is 18.5 Å². The molecule has 1 amide bonds. The third-order valence-corrected chi connectivity index (χ3v) is 4.27. The highest BCUT2D eigenvalue weighted by Gasteiger charge is 2.21. The van der Waals surface area contributed by atoms with Crippen molar-refractivity contribution in [2.24, 2.45) is 0 Å². The van der Waals surface area contributed by atoms with E-state index >= 15 is 0 Å². The van der Waals surface area contributed by atoms with Crippen molar-refractivity contribution in [2.75, 3.05) is 6.54 Å². The summed E-state index contributed by atoms with van der Waals surface area (Å²) in [4.78, 5) is 24.9. The van der Waals surface area contributed by atoms with Gasteiger partial charge in [-0.2, -0.15) is 0 Å². The third kappa shape index (κ3) is 5.05. The molecule has 0 saturated heterocycles. The summed E-state index contributed by atoms with van der Waals surface area (Å²) >= 11 is 5.51. The molecule has 1 aromatic carbocycles. The van der Waals surface area contributed by atoms with Crippen LogP contribution in [0.5, 0.6) is 0 Å². The molecule has 0 atom stereocenters. The van der Waals surface area contributed by atoms with E-state index in [1.165, 1.54) is 0 Å². The number of aliphatic carboxylic acids is 1. The second-order valence-corrected chi connectivity index (χ2v) is 6.79. The molecule has 0 aliphatic rings. The number of carbonyl (C=O) groups is 2. The first-order valence-corrected chi connectivity index (χ1v) is 8.18. The number of amides is 1. The Bertz CT molecular complexity index is 505. The van der Waals surface area contributed by atoms with E-state index in [4.69, 9.17) is 5.11 Å². The summed E-state index contributed by atoms with van der Waals surface area (Å²) in [6.45, 7) is 4.32. The largest absolute Gasteiger partial charge is 0.481 e. The minimum Gasteiger partial charge on any atom is -0.481 e. The Morgan fingerprint density at radius 1 is 1.40 bits per heavy atom. The lowest BCUT2D eigenvalue weighted by atomic mass is 10.1. The van der Waals surface area contributed by atoms with E-state index in [1.807, 2.05) is 26.0 Å². The van der Waals surface area contributed by atoms with Crippen molar-refractivity contribution in [2.45, 2.75) is 32.7 Å². The molecule has 0 radical (unpaired) electrons. The maximum absolute atomic E-state index is 12.6. The van der Waals surface area contributed by atoms with Crippen LogP contribution < -0.4 is 0 Å². The van der Waals surface area contributed by atoms with Crippen LogP contribution in [0.15, 0.2) is 22.7 Å². The summed E-state index contributed by atoms with van der Waals surface area (Å²) in [5.74, 6) is -0.894. The summed E-state index contributed by atoms with van der Waals surface area (Å²) in [6.07, 6.45) is 0.538. The first-order chi connectivity index (χ1) is 9.32. The van der Waals surface area contributed by atoms with Gasteiger partial charge in [-0.05, 0) is 61.1 Å². The minimum atomic E-state index is -0.835. The SMILES string of the molecule is CC(C)N(CCCC(=O)O)C(=O)c1cc(Br)ccc1I. The van der Waals surface area contributed by atoms with Crippen LogP contribution in [0.4, 0.5) is 0 Å². The smallest absolute Gasteiger partial charge is 0.303 e. The molecular weight excluding hydrogens is 437 g/mol. The lowest BCUT2D eigenvalue weighted by Crippen LogP contribution is -2.38. The van der Waals surface area contributed by atoms with E-state index in [2.05, 4.69) is 38.5 Å². The first kappa shape index (κ1) is 17.4. The Morgan fingerprint density at radius 2 is 2.05 bits per heavy atom. The molecule has 20 heavy (non-hydrogen) atoms. The fourth-order valence-corrected chi connectivity index (χ4v) is 2.74. The minimum absolute atomic E-state index is 0.0334. The monoisotopic (exact) mass is 453 g/mol. The number of benzene rings is 1. The number of nitrogens with zero attached hydrogens (tertiary/aromatic N) is 1. The molecule has 0 aliphatic carbocycles. The van der Waals surface area contributed by atoms with E-state index in [-0.39, 0.29) is 18.4 Å². The molecule has 110 valence electrons. The van der Waals surface area contributed by atoms with Crippen LogP contribution in [0.25, 0.3) is 0 Å². The van der Waals surface area contributed by atoms with Gasteiger partial charge in [-0.3, -0.25) is 9.59 Å². The maximum Gasteiger partial charge on any atom is 0.303 e. The quantitative estimate of drug-likeness (QED) is 0.667. The number of halogens is 2. The number of hydrogen-bond donors (Lipinski definition) is 1. The molecule has 0 bridgehead atoms. The zero-order valence-electron chi connectivity index (χ0n) is 11.4. The van der Waals surface area contributed by atoms with Gasteiger partial charge in [0.2, 0.25) is 0 Å². The van der Waals surface area contributed by atoms with Gasteiger partial charge in [0.1, 0.15) is 0 Å². The van der Waals surface area contributed by atoms with Gasteiger partial charge >= 0.3 is 5.97 Å². The second-order valence-electron chi connectivity index (χ2n) is 4.71. The molecule has 0 saturated carbocycles. The summed E-state index contributed by atoms with van der Waals surface area (Å²) in [5, 5.41) is 8.69. The molecule has 4 nitrogen and oxygen atoms in total. The van der Waals surface area contributed by atoms with E-state index in [9.17, 15) is 9.59 Å². The van der Waals surface area contributed by atoms with Gasteiger partial charge in [-0.1, -0.05) is 15.9 Å². The van der Waals surface area contributed by atoms with Gasteiger partial charge in [0.25, 0.3) is 5.91 Å². The average molecular weight is 454 g/mol. The van der Waals surface area contributed by atoms with Crippen LogP contribution >= 0.6 is 38.5 Å². The lowest BCUT2D eigenvalue weighted by molar-refractivity contribution is -0.137. The van der Waals surface area contributed by atoms with Crippen LogP contribution in [0, 0.1) is 3.57 Å². The summed E-state index contributed by atoms with van der Waals surface area (Å²) < 4.78 is 1.75. The number of carboxylic acid groups (broad SMARTS) is 1. The van der Waals surface area contributed by atoms with Crippen molar-refractivity contribution < 1.29 is 14.7 Å². The number of hydrogen-bond acceptors (Lipinski definition) is 2. The van der Waals surface area contributed by atoms with Crippen molar-refractivity contribution in [3.8, 4) is 0 Å². The Hall–Kier alpha value is -0.630. The van der Waals surface area contributed by atoms with Crippen molar-refractivity contribution >= 4 is 50.4 Å². The molecule has 1 N–H and O–H groups in total. The zero-order chi connectivity index (χ0) is 15.3. The molecule has 0 heterocycles. The molecule has 0 unspecified atom stereocenters. The van der Waals surface area contributed by atoms with E-state index in [1.54, 1.807) is 11.0 Å². The maximum atomic E-state index is 12.6. The highest BCUT2D eigenvalue weighted by atomic mass is 127. The van der Waals surface area contributed by atoms with Crippen LogP contribution in [-0.2, 0) is 4.79 Å². The number of carbonyl (C=O) groups excluding carboxylic acids is 1. The predicted octanol–water partition coefficient (Wildman–Crippen LogP) is 3.77. The molecule has 6 heteroatoms. The number of carboxylic acids is 1. The van der Waals surface area contributed by atoms with Gasteiger partial charge < -0.3 is 10.0 Å². The summed E-state index contributed by atoms with van der Waals surface area (Å²) in [6, 6.07) is 5.61. The van der Waals surface area contributed by atoms with Gasteiger partial charge in [0, 0.05) is 27.1 Å². The van der Waals surface area contributed by atoms with Gasteiger partial charge in [0.05, 0.1) is 5.56 Å². The standard InChI is InChI=1S/C14H17BrINO3/c1-9(2)17(7-3-4-13(18)19)14(20)11-8-10(15)5-6-12(11)16/h5-6,8-9H,3-4,7H2,1-2H3,(H,18,19). The van der Waals surface area contributed by atoms with Crippen LogP contribution in [0.3, 0.4) is 0 Å². The van der Waals surface area contributed by atoms with Crippen molar-refractivity contribution in [3.05, 3.63) is 31.8 Å². The summed E-state index contributed by atoms with van der Waals surface area (Å²) in [5.41, 5.74) is 0.643. The fourth-order valence-electron chi connectivity index (χ4n) is 1.81. The number of rotatable bonds is 6. The molecule has 0 spiro atoms. The van der Waals surface area contributed by atoms with Crippen molar-refractivity contribution in [1.82, 2.24) is 4.90 Å². The Kier molecular flexibility index (Phi) is 6.94. The Morgan fingerprint density at radius 3 is 2.60 bits per heavy atom. The summed E-state index contributed by atoms with van der Waals surface area (Å²) in [7, 11) is 0. The van der Waals surface area contributed by atoms with Gasteiger partial charge in [-0.15, -0.1) is 0 Å². The van der Waals surface area contributed by atoms with E-state index in [0.717, 1.165) is 8.04 Å². The van der Waals surface area contributed by atoms with E-state index < -0.39 is 5.97 Å². The Balaban J connectivity index is 2.88. The van der Waals surface area contributed by atoms with Crippen molar-refractivity contribution in [3.63, 3.8) is 0 Å². The van der Waals surface area contributed by atoms with Crippen LogP contribution in [0.1, 0.15) is 37.0 Å². The fraction of sp³-hybridized carbons (Fsp3) is 0.429. The molecule has 1 rings (SSSR count). The normalized spacial score (nSPS) is 10.7. The molecule has 0 fully saturated rings. The second kappa shape index (κ2) is 7.97. The first-order valence-electron chi connectivity index (χ1n) is 6.30. The van der Waals surface area contributed by atoms with Crippen molar-refractivity contribution in [1.29, 1.82) is 0 Å². The molecule has 0 aliphatic heterocycles. The average Bonchev–Trinajstić information content (AvgIpc) is 2.36. The van der Waals surface area contributed by atoms with Crippen LogP contribution in [-0.4, -0.2) is 34.5 Å². The zero-order valence-corrected chi connectivity index (χ0v) is 15.1. The molecular formula is C14H17BrINO3.